The molecule has 0 saturated carbocycles. The number of guanidine groups is 1. The molecular weight excluding hydrogens is 345 g/mol. The monoisotopic (exact) mass is 361 g/mol. The molecule has 25 heavy (non-hydrogen) atoms. The SMILES string of the molecule is CN(C=O)C(N)=NC1CCOc2ccc(-c3cc(F)cc(Cl)c3)cc21. The molecule has 0 aliphatic carbocycles. The third-order valence-corrected chi connectivity index (χ3v) is 4.24. The highest BCUT2D eigenvalue weighted by Gasteiger charge is 2.22. The molecule has 7 heteroatoms. The molecule has 130 valence electrons. The smallest absolute Gasteiger partial charge is 0.216 e. The van der Waals surface area contributed by atoms with Crippen LogP contribution < -0.4 is 10.5 Å². The number of amides is 1. The van der Waals surface area contributed by atoms with Gasteiger partial charge in [-0.2, -0.15) is 0 Å². The number of hydrogen-bond donors (Lipinski definition) is 1. The summed E-state index contributed by atoms with van der Waals surface area (Å²) in [5.74, 6) is 0.433. The van der Waals surface area contributed by atoms with Gasteiger partial charge in [0.1, 0.15) is 11.6 Å². The van der Waals surface area contributed by atoms with E-state index < -0.39 is 5.82 Å². The zero-order valence-electron chi connectivity index (χ0n) is 13.6. The van der Waals surface area contributed by atoms with Crippen LogP contribution in [0.25, 0.3) is 11.1 Å². The van der Waals surface area contributed by atoms with Crippen molar-refractivity contribution in [1.29, 1.82) is 0 Å². The Morgan fingerprint density at radius 3 is 2.88 bits per heavy atom. The third-order valence-electron chi connectivity index (χ3n) is 4.02. The normalized spacial score (nSPS) is 16.8. The highest BCUT2D eigenvalue weighted by molar-refractivity contribution is 6.30. The number of nitrogens with zero attached hydrogens (tertiary/aromatic N) is 2. The fraction of sp³-hybridized carbons (Fsp3) is 0.222. The summed E-state index contributed by atoms with van der Waals surface area (Å²) < 4.78 is 19.3. The Hall–Kier alpha value is -2.60. The molecule has 0 saturated heterocycles. The van der Waals surface area contributed by atoms with Crippen molar-refractivity contribution in [2.24, 2.45) is 10.7 Å². The molecule has 2 aromatic rings. The largest absolute Gasteiger partial charge is 0.493 e. The second-order valence-corrected chi connectivity index (χ2v) is 6.20. The van der Waals surface area contributed by atoms with Crippen molar-refractivity contribution in [3.05, 3.63) is 52.8 Å². The summed E-state index contributed by atoms with van der Waals surface area (Å²) in [6.07, 6.45) is 1.23. The van der Waals surface area contributed by atoms with Crippen LogP contribution in [-0.2, 0) is 4.79 Å². The molecule has 5 nitrogen and oxygen atoms in total. The molecule has 3 rings (SSSR count). The number of benzene rings is 2. The number of fused-ring (bicyclic) bond motifs is 1. The lowest BCUT2D eigenvalue weighted by Gasteiger charge is -2.25. The van der Waals surface area contributed by atoms with Crippen molar-refractivity contribution < 1.29 is 13.9 Å². The van der Waals surface area contributed by atoms with E-state index in [1.54, 1.807) is 6.07 Å². The van der Waals surface area contributed by atoms with Crippen LogP contribution in [-0.4, -0.2) is 30.9 Å². The van der Waals surface area contributed by atoms with Gasteiger partial charge in [0.2, 0.25) is 6.41 Å². The van der Waals surface area contributed by atoms with Crippen LogP contribution in [0.2, 0.25) is 5.02 Å². The standard InChI is InChI=1S/C18H17ClFN3O2/c1-23(10-24)18(21)22-16-4-5-25-17-3-2-11(8-15(16)17)12-6-13(19)9-14(20)7-12/h2-3,6-10,16H,4-5H2,1H3,(H2,21,22). The molecule has 2 N–H and O–H groups in total. The summed E-state index contributed by atoms with van der Waals surface area (Å²) in [7, 11) is 1.54. The molecule has 1 aliphatic rings. The predicted molar refractivity (Wildman–Crippen MR) is 95.1 cm³/mol. The highest BCUT2D eigenvalue weighted by Crippen LogP contribution is 2.38. The zero-order valence-corrected chi connectivity index (χ0v) is 14.3. The zero-order chi connectivity index (χ0) is 18.0. The van der Waals surface area contributed by atoms with E-state index in [0.717, 1.165) is 11.1 Å². The van der Waals surface area contributed by atoms with E-state index in [0.29, 0.717) is 35.8 Å². The van der Waals surface area contributed by atoms with E-state index in [1.165, 1.54) is 24.1 Å². The quantitative estimate of drug-likeness (QED) is 0.517. The molecule has 1 heterocycles. The minimum Gasteiger partial charge on any atom is -0.493 e. The van der Waals surface area contributed by atoms with Gasteiger partial charge in [0.15, 0.2) is 5.96 Å². The fourth-order valence-corrected chi connectivity index (χ4v) is 2.94. The topological polar surface area (TPSA) is 67.9 Å². The minimum atomic E-state index is -0.400. The van der Waals surface area contributed by atoms with E-state index in [2.05, 4.69) is 4.99 Å². The van der Waals surface area contributed by atoms with Gasteiger partial charge in [0.05, 0.1) is 12.6 Å². The van der Waals surface area contributed by atoms with Crippen molar-refractivity contribution in [2.45, 2.75) is 12.5 Å². The van der Waals surface area contributed by atoms with Gasteiger partial charge < -0.3 is 10.5 Å². The molecule has 0 spiro atoms. The molecule has 1 amide bonds. The maximum Gasteiger partial charge on any atom is 0.216 e. The second-order valence-electron chi connectivity index (χ2n) is 5.77. The van der Waals surface area contributed by atoms with E-state index >= 15 is 0 Å². The van der Waals surface area contributed by atoms with Crippen molar-refractivity contribution >= 4 is 24.0 Å². The Morgan fingerprint density at radius 2 is 2.16 bits per heavy atom. The lowest BCUT2D eigenvalue weighted by molar-refractivity contribution is -0.114. The fourth-order valence-electron chi connectivity index (χ4n) is 2.72. The summed E-state index contributed by atoms with van der Waals surface area (Å²) in [6.45, 7) is 0.504. The Morgan fingerprint density at radius 1 is 1.36 bits per heavy atom. The van der Waals surface area contributed by atoms with Gasteiger partial charge in [-0.25, -0.2) is 9.38 Å². The molecule has 0 aromatic heterocycles. The van der Waals surface area contributed by atoms with Crippen molar-refractivity contribution in [3.63, 3.8) is 0 Å². The minimum absolute atomic E-state index is 0.132. The van der Waals surface area contributed by atoms with Gasteiger partial charge in [-0.15, -0.1) is 0 Å². The average Bonchev–Trinajstić information content (AvgIpc) is 2.60. The summed E-state index contributed by atoms with van der Waals surface area (Å²) in [5, 5.41) is 0.329. The van der Waals surface area contributed by atoms with Gasteiger partial charge in [-0.1, -0.05) is 17.7 Å². The molecule has 0 radical (unpaired) electrons. The van der Waals surface area contributed by atoms with Crippen LogP contribution in [0.15, 0.2) is 41.4 Å². The molecule has 1 unspecified atom stereocenters. The number of rotatable bonds is 3. The number of aliphatic imine (C=N–C) groups is 1. The van der Waals surface area contributed by atoms with Crippen LogP contribution in [0, 0.1) is 5.82 Å². The van der Waals surface area contributed by atoms with Crippen LogP contribution in [0.3, 0.4) is 0 Å². The van der Waals surface area contributed by atoms with Gasteiger partial charge >= 0.3 is 0 Å². The Kier molecular flexibility index (Phi) is 4.90. The summed E-state index contributed by atoms with van der Waals surface area (Å²) in [6, 6.07) is 9.70. The number of hydrogen-bond acceptors (Lipinski definition) is 3. The number of nitrogens with two attached hydrogens (primary N) is 1. The Labute approximate surface area is 149 Å². The van der Waals surface area contributed by atoms with Gasteiger partial charge in [0, 0.05) is 24.1 Å². The second kappa shape index (κ2) is 7.11. The number of ether oxygens (including phenoxy) is 1. The van der Waals surface area contributed by atoms with Gasteiger partial charge in [-0.05, 0) is 41.5 Å². The highest BCUT2D eigenvalue weighted by atomic mass is 35.5. The molecule has 2 aromatic carbocycles. The average molecular weight is 362 g/mol. The van der Waals surface area contributed by atoms with Crippen LogP contribution >= 0.6 is 11.6 Å². The molecule has 1 atom stereocenters. The lowest BCUT2D eigenvalue weighted by Crippen LogP contribution is -2.33. The molecule has 0 fully saturated rings. The van der Waals surface area contributed by atoms with Crippen LogP contribution in [0.4, 0.5) is 4.39 Å². The summed E-state index contributed by atoms with van der Waals surface area (Å²) in [5.41, 5.74) is 8.15. The molecule has 1 aliphatic heterocycles. The Bertz CT molecular complexity index is 821. The molecule has 0 bridgehead atoms. The maximum absolute atomic E-state index is 13.6. The van der Waals surface area contributed by atoms with Gasteiger partial charge in [0.25, 0.3) is 0 Å². The first kappa shape index (κ1) is 17.2. The van der Waals surface area contributed by atoms with E-state index in [-0.39, 0.29) is 12.0 Å². The number of carbonyl (C=O) groups excluding carboxylic acids is 1. The third kappa shape index (κ3) is 3.74. The number of carbonyl (C=O) groups is 1. The van der Waals surface area contributed by atoms with Crippen LogP contribution in [0.1, 0.15) is 18.0 Å². The first-order valence-electron chi connectivity index (χ1n) is 7.72. The first-order chi connectivity index (χ1) is 12.0. The molecular formula is C18H17ClFN3O2. The van der Waals surface area contributed by atoms with Crippen molar-refractivity contribution in [1.82, 2.24) is 4.90 Å². The van der Waals surface area contributed by atoms with Gasteiger partial charge in [-0.3, -0.25) is 9.69 Å². The number of halogens is 2. The van der Waals surface area contributed by atoms with Crippen molar-refractivity contribution in [3.8, 4) is 16.9 Å². The van der Waals surface area contributed by atoms with E-state index in [9.17, 15) is 9.18 Å². The van der Waals surface area contributed by atoms with Crippen LogP contribution in [0.5, 0.6) is 5.75 Å². The summed E-state index contributed by atoms with van der Waals surface area (Å²) in [4.78, 5) is 16.5. The summed E-state index contributed by atoms with van der Waals surface area (Å²) >= 11 is 5.95. The maximum atomic E-state index is 13.6. The lowest BCUT2D eigenvalue weighted by atomic mass is 9.96. The van der Waals surface area contributed by atoms with Crippen molar-refractivity contribution in [2.75, 3.05) is 13.7 Å². The predicted octanol–water partition coefficient (Wildman–Crippen LogP) is 3.37. The van der Waals surface area contributed by atoms with E-state index in [4.69, 9.17) is 22.1 Å². The Balaban J connectivity index is 2.02. The van der Waals surface area contributed by atoms with E-state index in [1.807, 2.05) is 18.2 Å². The first-order valence-corrected chi connectivity index (χ1v) is 8.10.